The van der Waals surface area contributed by atoms with Crippen molar-refractivity contribution in [2.24, 2.45) is 0 Å². The Morgan fingerprint density at radius 1 is 1.46 bits per heavy atom. The molecule has 1 atom stereocenters. The molecule has 1 N–H and O–H groups in total. The molecule has 78 valence electrons. The molecular formula is C9H17BrO3. The number of esters is 1. The summed E-state index contributed by atoms with van der Waals surface area (Å²) in [6, 6.07) is 0. The van der Waals surface area contributed by atoms with Crippen molar-refractivity contribution in [3.63, 3.8) is 0 Å². The van der Waals surface area contributed by atoms with Gasteiger partial charge in [0.15, 0.2) is 5.60 Å². The van der Waals surface area contributed by atoms with Crippen molar-refractivity contribution in [3.05, 3.63) is 0 Å². The van der Waals surface area contributed by atoms with E-state index in [1.807, 2.05) is 13.8 Å². The van der Waals surface area contributed by atoms with Gasteiger partial charge in [0, 0.05) is 0 Å². The summed E-state index contributed by atoms with van der Waals surface area (Å²) in [6.07, 6.45) is 0.356. The summed E-state index contributed by atoms with van der Waals surface area (Å²) >= 11 is 3.34. The van der Waals surface area contributed by atoms with Crippen LogP contribution in [0, 0.1) is 0 Å². The molecule has 3 nitrogen and oxygen atoms in total. The van der Waals surface area contributed by atoms with Gasteiger partial charge < -0.3 is 9.84 Å². The SMILES string of the molecule is CCC(C)(O)C(=O)OCC(C)(C)Br. The van der Waals surface area contributed by atoms with E-state index < -0.39 is 11.6 Å². The zero-order chi connectivity index (χ0) is 10.7. The van der Waals surface area contributed by atoms with Crippen LogP contribution in [0.25, 0.3) is 0 Å². The predicted octanol–water partition coefficient (Wildman–Crippen LogP) is 1.86. The minimum Gasteiger partial charge on any atom is -0.462 e. The van der Waals surface area contributed by atoms with Crippen molar-refractivity contribution in [2.75, 3.05) is 6.61 Å². The average molecular weight is 253 g/mol. The van der Waals surface area contributed by atoms with Crippen LogP contribution in [-0.4, -0.2) is 27.6 Å². The van der Waals surface area contributed by atoms with Crippen LogP contribution in [0.2, 0.25) is 0 Å². The van der Waals surface area contributed by atoms with Crippen molar-refractivity contribution in [2.45, 2.75) is 44.0 Å². The van der Waals surface area contributed by atoms with Crippen molar-refractivity contribution in [3.8, 4) is 0 Å². The van der Waals surface area contributed by atoms with Crippen molar-refractivity contribution in [1.82, 2.24) is 0 Å². The van der Waals surface area contributed by atoms with Gasteiger partial charge in [-0.1, -0.05) is 22.9 Å². The summed E-state index contributed by atoms with van der Waals surface area (Å²) in [4.78, 5) is 11.2. The zero-order valence-corrected chi connectivity index (χ0v) is 10.1. The second-order valence-electron chi connectivity index (χ2n) is 3.92. The fourth-order valence-electron chi connectivity index (χ4n) is 0.537. The van der Waals surface area contributed by atoms with Gasteiger partial charge in [-0.15, -0.1) is 0 Å². The number of hydrogen-bond donors (Lipinski definition) is 1. The number of alkyl halides is 1. The van der Waals surface area contributed by atoms with Gasteiger partial charge in [-0.2, -0.15) is 0 Å². The third kappa shape index (κ3) is 5.26. The lowest BCUT2D eigenvalue weighted by Crippen LogP contribution is -2.38. The van der Waals surface area contributed by atoms with Crippen LogP contribution in [0.3, 0.4) is 0 Å². The molecule has 0 aliphatic carbocycles. The molecule has 0 aromatic heterocycles. The van der Waals surface area contributed by atoms with Crippen LogP contribution in [0.4, 0.5) is 0 Å². The molecule has 0 aromatic rings. The molecule has 0 aliphatic heterocycles. The Morgan fingerprint density at radius 3 is 2.23 bits per heavy atom. The largest absolute Gasteiger partial charge is 0.462 e. The van der Waals surface area contributed by atoms with Crippen LogP contribution in [0.5, 0.6) is 0 Å². The quantitative estimate of drug-likeness (QED) is 0.614. The maximum atomic E-state index is 11.2. The van der Waals surface area contributed by atoms with Crippen LogP contribution in [0.1, 0.15) is 34.1 Å². The zero-order valence-electron chi connectivity index (χ0n) is 8.56. The van der Waals surface area contributed by atoms with Crippen LogP contribution in [-0.2, 0) is 9.53 Å². The number of carbonyl (C=O) groups excluding carboxylic acids is 1. The third-order valence-electron chi connectivity index (χ3n) is 1.67. The van der Waals surface area contributed by atoms with Gasteiger partial charge in [-0.05, 0) is 27.2 Å². The highest BCUT2D eigenvalue weighted by Gasteiger charge is 2.30. The molecule has 13 heavy (non-hydrogen) atoms. The Kier molecular flexibility index (Phi) is 4.39. The first-order valence-electron chi connectivity index (χ1n) is 4.27. The van der Waals surface area contributed by atoms with E-state index in [9.17, 15) is 9.90 Å². The molecule has 0 fully saturated rings. The molecule has 0 heterocycles. The van der Waals surface area contributed by atoms with Crippen molar-refractivity contribution >= 4 is 21.9 Å². The van der Waals surface area contributed by atoms with Crippen LogP contribution >= 0.6 is 15.9 Å². The van der Waals surface area contributed by atoms with Gasteiger partial charge in [0.1, 0.15) is 6.61 Å². The number of hydrogen-bond acceptors (Lipinski definition) is 3. The van der Waals surface area contributed by atoms with Gasteiger partial charge in [-0.25, -0.2) is 4.79 Å². The molecule has 0 amide bonds. The van der Waals surface area contributed by atoms with Crippen LogP contribution in [0.15, 0.2) is 0 Å². The minimum atomic E-state index is -1.36. The van der Waals surface area contributed by atoms with E-state index in [1.165, 1.54) is 6.92 Å². The number of aliphatic hydroxyl groups is 1. The second kappa shape index (κ2) is 4.42. The summed E-state index contributed by atoms with van der Waals surface area (Å²) in [5, 5.41) is 9.50. The molecule has 0 saturated carbocycles. The molecule has 4 heteroatoms. The van der Waals surface area contributed by atoms with Gasteiger partial charge >= 0.3 is 5.97 Å². The molecule has 0 aromatic carbocycles. The lowest BCUT2D eigenvalue weighted by molar-refractivity contribution is -0.164. The summed E-state index contributed by atoms with van der Waals surface area (Å²) < 4.78 is 4.68. The lowest BCUT2D eigenvalue weighted by atomic mass is 10.0. The number of ether oxygens (including phenoxy) is 1. The molecule has 0 bridgehead atoms. The topological polar surface area (TPSA) is 46.5 Å². The molecule has 0 rings (SSSR count). The van der Waals surface area contributed by atoms with Crippen molar-refractivity contribution < 1.29 is 14.6 Å². The smallest absolute Gasteiger partial charge is 0.337 e. The molecule has 0 saturated heterocycles. The fraction of sp³-hybridized carbons (Fsp3) is 0.889. The van der Waals surface area contributed by atoms with E-state index in [2.05, 4.69) is 15.9 Å². The standard InChI is InChI=1S/C9H17BrO3/c1-5-9(4,12)7(11)13-6-8(2,3)10/h12H,5-6H2,1-4H3. The third-order valence-corrected chi connectivity index (χ3v) is 1.90. The Labute approximate surface area is 87.6 Å². The first-order valence-corrected chi connectivity index (χ1v) is 5.07. The van der Waals surface area contributed by atoms with Crippen LogP contribution < -0.4 is 0 Å². The maximum Gasteiger partial charge on any atom is 0.337 e. The summed E-state index contributed by atoms with van der Waals surface area (Å²) in [5.74, 6) is -0.567. The van der Waals surface area contributed by atoms with E-state index in [4.69, 9.17) is 4.74 Å². The lowest BCUT2D eigenvalue weighted by Gasteiger charge is -2.22. The summed E-state index contributed by atoms with van der Waals surface area (Å²) in [7, 11) is 0. The van der Waals surface area contributed by atoms with E-state index in [1.54, 1.807) is 6.92 Å². The average Bonchev–Trinajstić information content (AvgIpc) is 1.98. The molecule has 1 unspecified atom stereocenters. The Balaban J connectivity index is 4.03. The fourth-order valence-corrected chi connectivity index (χ4v) is 0.651. The van der Waals surface area contributed by atoms with Gasteiger partial charge in [0.05, 0.1) is 4.32 Å². The van der Waals surface area contributed by atoms with E-state index in [0.717, 1.165) is 0 Å². The highest BCUT2D eigenvalue weighted by Crippen LogP contribution is 2.18. The predicted molar refractivity (Wildman–Crippen MR) is 54.9 cm³/mol. The Morgan fingerprint density at radius 2 is 1.92 bits per heavy atom. The number of carbonyl (C=O) groups is 1. The monoisotopic (exact) mass is 252 g/mol. The summed E-state index contributed by atoms with van der Waals surface area (Å²) in [6.45, 7) is 7.22. The maximum absolute atomic E-state index is 11.2. The second-order valence-corrected chi connectivity index (χ2v) is 6.07. The van der Waals surface area contributed by atoms with Gasteiger partial charge in [0.2, 0.25) is 0 Å². The highest BCUT2D eigenvalue weighted by molar-refractivity contribution is 9.10. The van der Waals surface area contributed by atoms with E-state index >= 15 is 0 Å². The number of halogens is 1. The van der Waals surface area contributed by atoms with E-state index in [-0.39, 0.29) is 10.9 Å². The Bertz CT molecular complexity index is 182. The first-order chi connectivity index (χ1) is 5.69. The Hall–Kier alpha value is -0.0900. The molecule has 0 radical (unpaired) electrons. The van der Waals surface area contributed by atoms with Gasteiger partial charge in [-0.3, -0.25) is 0 Å². The molecule has 0 aliphatic rings. The summed E-state index contributed by atoms with van der Waals surface area (Å²) in [5.41, 5.74) is -1.36. The molecule has 0 spiro atoms. The highest BCUT2D eigenvalue weighted by atomic mass is 79.9. The number of rotatable bonds is 4. The van der Waals surface area contributed by atoms with Gasteiger partial charge in [0.25, 0.3) is 0 Å². The minimum absolute atomic E-state index is 0.244. The molecular weight excluding hydrogens is 236 g/mol. The van der Waals surface area contributed by atoms with E-state index in [0.29, 0.717) is 6.42 Å². The van der Waals surface area contributed by atoms with Crippen molar-refractivity contribution in [1.29, 1.82) is 0 Å². The first kappa shape index (κ1) is 12.9. The normalized spacial score (nSPS) is 16.5.